The van der Waals surface area contributed by atoms with Gasteiger partial charge in [0.15, 0.2) is 5.96 Å². The Morgan fingerprint density at radius 1 is 1.16 bits per heavy atom. The van der Waals surface area contributed by atoms with Crippen molar-refractivity contribution in [2.24, 2.45) is 4.99 Å². The number of hydrogen-bond donors (Lipinski definition) is 3. The summed E-state index contributed by atoms with van der Waals surface area (Å²) in [6, 6.07) is 9.18. The van der Waals surface area contributed by atoms with E-state index >= 15 is 0 Å². The normalized spacial score (nSPS) is 21.0. The molecule has 3 N–H and O–H groups in total. The molecular weight excluding hydrogens is 312 g/mol. The molecule has 0 aliphatic heterocycles. The molecule has 0 atom stereocenters. The Morgan fingerprint density at radius 3 is 2.44 bits per heavy atom. The summed E-state index contributed by atoms with van der Waals surface area (Å²) in [6.07, 6.45) is 5.79. The standard InChI is InChI=1S/C20H34N4O/c1-4-21-20(23-17-9-13-19(25)14-10-17)22-15-5-6-16-7-11-18(12-8-16)24(2)3/h7-8,11-12,17,19,25H,4-6,9-10,13-15H2,1-3H3,(H2,21,22,23). The third-order valence-electron chi connectivity index (χ3n) is 4.73. The Morgan fingerprint density at radius 2 is 1.84 bits per heavy atom. The van der Waals surface area contributed by atoms with Gasteiger partial charge in [-0.3, -0.25) is 4.99 Å². The number of benzene rings is 1. The minimum absolute atomic E-state index is 0.114. The maximum Gasteiger partial charge on any atom is 0.191 e. The van der Waals surface area contributed by atoms with Gasteiger partial charge in [0.05, 0.1) is 6.10 Å². The zero-order chi connectivity index (χ0) is 18.1. The van der Waals surface area contributed by atoms with E-state index in [1.807, 2.05) is 0 Å². The van der Waals surface area contributed by atoms with Crippen LogP contribution in [0.15, 0.2) is 29.3 Å². The van der Waals surface area contributed by atoms with E-state index in [-0.39, 0.29) is 6.10 Å². The van der Waals surface area contributed by atoms with Crippen LogP contribution in [0.5, 0.6) is 0 Å². The van der Waals surface area contributed by atoms with Gasteiger partial charge in [0.2, 0.25) is 0 Å². The molecule has 0 heterocycles. The van der Waals surface area contributed by atoms with Crippen LogP contribution in [0.2, 0.25) is 0 Å². The summed E-state index contributed by atoms with van der Waals surface area (Å²) in [6.45, 7) is 3.78. The molecule has 1 fully saturated rings. The molecule has 5 heteroatoms. The van der Waals surface area contributed by atoms with Crippen LogP contribution in [0.25, 0.3) is 0 Å². The van der Waals surface area contributed by atoms with Crippen molar-refractivity contribution in [3.05, 3.63) is 29.8 Å². The molecule has 140 valence electrons. The lowest BCUT2D eigenvalue weighted by atomic mass is 9.93. The maximum absolute atomic E-state index is 9.62. The second-order valence-electron chi connectivity index (χ2n) is 7.07. The molecule has 1 saturated carbocycles. The van der Waals surface area contributed by atoms with E-state index < -0.39 is 0 Å². The fraction of sp³-hybridized carbons (Fsp3) is 0.650. The minimum Gasteiger partial charge on any atom is -0.393 e. The highest BCUT2D eigenvalue weighted by Crippen LogP contribution is 2.18. The summed E-state index contributed by atoms with van der Waals surface area (Å²) in [4.78, 5) is 6.83. The number of guanidine groups is 1. The summed E-state index contributed by atoms with van der Waals surface area (Å²) in [5.41, 5.74) is 2.60. The lowest BCUT2D eigenvalue weighted by molar-refractivity contribution is 0.120. The van der Waals surface area contributed by atoms with Crippen molar-refractivity contribution in [3.8, 4) is 0 Å². The fourth-order valence-electron chi connectivity index (χ4n) is 3.17. The fourth-order valence-corrected chi connectivity index (χ4v) is 3.17. The molecule has 25 heavy (non-hydrogen) atoms. The Hall–Kier alpha value is -1.75. The van der Waals surface area contributed by atoms with Crippen LogP contribution in [0, 0.1) is 0 Å². The average Bonchev–Trinajstić information content (AvgIpc) is 2.61. The summed E-state index contributed by atoms with van der Waals surface area (Å²) in [5, 5.41) is 16.5. The van der Waals surface area contributed by atoms with Crippen molar-refractivity contribution in [2.75, 3.05) is 32.1 Å². The van der Waals surface area contributed by atoms with Gasteiger partial charge in [0.1, 0.15) is 0 Å². The predicted octanol–water partition coefficient (Wildman–Crippen LogP) is 2.54. The van der Waals surface area contributed by atoms with Crippen molar-refractivity contribution < 1.29 is 5.11 Å². The first-order chi connectivity index (χ1) is 12.1. The van der Waals surface area contributed by atoms with Crippen LogP contribution in [-0.4, -0.2) is 50.4 Å². The van der Waals surface area contributed by atoms with Gasteiger partial charge in [-0.15, -0.1) is 0 Å². The number of anilines is 1. The van der Waals surface area contributed by atoms with Gasteiger partial charge in [-0.05, 0) is 63.1 Å². The van der Waals surface area contributed by atoms with E-state index in [1.54, 1.807) is 0 Å². The van der Waals surface area contributed by atoms with E-state index in [1.165, 1.54) is 11.3 Å². The number of aryl methyl sites for hydroxylation is 1. The largest absolute Gasteiger partial charge is 0.393 e. The van der Waals surface area contributed by atoms with E-state index in [0.29, 0.717) is 6.04 Å². The molecular formula is C20H34N4O. The summed E-state index contributed by atoms with van der Waals surface area (Å²) >= 11 is 0. The van der Waals surface area contributed by atoms with Crippen molar-refractivity contribution in [1.82, 2.24) is 10.6 Å². The number of nitrogens with one attached hydrogen (secondary N) is 2. The molecule has 0 aromatic heterocycles. The monoisotopic (exact) mass is 346 g/mol. The minimum atomic E-state index is -0.114. The summed E-state index contributed by atoms with van der Waals surface area (Å²) in [5.74, 6) is 0.909. The highest BCUT2D eigenvalue weighted by atomic mass is 16.3. The van der Waals surface area contributed by atoms with Gasteiger partial charge in [0.25, 0.3) is 0 Å². The van der Waals surface area contributed by atoms with Crippen LogP contribution >= 0.6 is 0 Å². The van der Waals surface area contributed by atoms with Crippen LogP contribution in [0.4, 0.5) is 5.69 Å². The van der Waals surface area contributed by atoms with Crippen LogP contribution in [-0.2, 0) is 6.42 Å². The van der Waals surface area contributed by atoms with Crippen molar-refractivity contribution in [2.45, 2.75) is 57.6 Å². The zero-order valence-electron chi connectivity index (χ0n) is 16.0. The molecule has 1 aliphatic carbocycles. The number of aliphatic hydroxyl groups is 1. The number of rotatable bonds is 7. The lowest BCUT2D eigenvalue weighted by Gasteiger charge is -2.27. The molecule has 0 bridgehead atoms. The molecule has 0 radical (unpaired) electrons. The Kier molecular flexibility index (Phi) is 8.06. The van der Waals surface area contributed by atoms with Crippen LogP contribution in [0.3, 0.4) is 0 Å². The van der Waals surface area contributed by atoms with Gasteiger partial charge in [-0.1, -0.05) is 12.1 Å². The van der Waals surface area contributed by atoms with E-state index in [4.69, 9.17) is 4.99 Å². The molecule has 0 unspecified atom stereocenters. The zero-order valence-corrected chi connectivity index (χ0v) is 16.0. The number of aliphatic imine (C=N–C) groups is 1. The molecule has 0 amide bonds. The lowest BCUT2D eigenvalue weighted by Crippen LogP contribution is -2.45. The van der Waals surface area contributed by atoms with E-state index in [9.17, 15) is 5.11 Å². The van der Waals surface area contributed by atoms with Gasteiger partial charge < -0.3 is 20.6 Å². The SMILES string of the molecule is CCNC(=NCCCc1ccc(N(C)C)cc1)NC1CCC(O)CC1. The smallest absolute Gasteiger partial charge is 0.191 e. The second kappa shape index (κ2) is 10.3. The van der Waals surface area contributed by atoms with Crippen molar-refractivity contribution >= 4 is 11.6 Å². The molecule has 0 saturated heterocycles. The maximum atomic E-state index is 9.62. The molecule has 5 nitrogen and oxygen atoms in total. The predicted molar refractivity (Wildman–Crippen MR) is 106 cm³/mol. The Labute approximate surface area is 152 Å². The molecule has 1 aliphatic rings. The highest BCUT2D eigenvalue weighted by molar-refractivity contribution is 5.80. The van der Waals surface area contributed by atoms with Crippen LogP contribution < -0.4 is 15.5 Å². The van der Waals surface area contributed by atoms with Gasteiger partial charge >= 0.3 is 0 Å². The van der Waals surface area contributed by atoms with E-state index in [2.05, 4.69) is 60.8 Å². The van der Waals surface area contributed by atoms with Gasteiger partial charge in [-0.25, -0.2) is 0 Å². The first kappa shape index (κ1) is 19.6. The topological polar surface area (TPSA) is 59.9 Å². The molecule has 1 aromatic carbocycles. The second-order valence-corrected chi connectivity index (χ2v) is 7.07. The summed E-state index contributed by atoms with van der Waals surface area (Å²) < 4.78 is 0. The molecule has 2 rings (SSSR count). The third kappa shape index (κ3) is 6.94. The number of hydrogen-bond acceptors (Lipinski definition) is 3. The first-order valence-corrected chi connectivity index (χ1v) is 9.57. The van der Waals surface area contributed by atoms with Gasteiger partial charge in [-0.2, -0.15) is 0 Å². The number of nitrogens with zero attached hydrogens (tertiary/aromatic N) is 2. The first-order valence-electron chi connectivity index (χ1n) is 9.57. The molecule has 1 aromatic rings. The quantitative estimate of drug-likeness (QED) is 0.403. The van der Waals surface area contributed by atoms with Gasteiger partial charge in [0, 0.05) is 38.9 Å². The Bertz CT molecular complexity index is 519. The van der Waals surface area contributed by atoms with Crippen molar-refractivity contribution in [3.63, 3.8) is 0 Å². The summed E-state index contributed by atoms with van der Waals surface area (Å²) in [7, 11) is 4.12. The van der Waals surface area contributed by atoms with Crippen molar-refractivity contribution in [1.29, 1.82) is 0 Å². The van der Waals surface area contributed by atoms with Crippen LogP contribution in [0.1, 0.15) is 44.6 Å². The average molecular weight is 347 g/mol. The highest BCUT2D eigenvalue weighted by Gasteiger charge is 2.19. The number of aliphatic hydroxyl groups excluding tert-OH is 1. The molecule has 0 spiro atoms. The van der Waals surface area contributed by atoms with E-state index in [0.717, 1.165) is 57.6 Å². The Balaban J connectivity index is 1.76. The third-order valence-corrected chi connectivity index (χ3v) is 4.73.